The Balaban J connectivity index is 2.19. The summed E-state index contributed by atoms with van der Waals surface area (Å²) in [4.78, 5) is 3.35. The van der Waals surface area contributed by atoms with Crippen molar-refractivity contribution in [3.63, 3.8) is 0 Å². The third-order valence-corrected chi connectivity index (χ3v) is 4.43. The quantitative estimate of drug-likeness (QED) is 0.581. The van der Waals surface area contributed by atoms with Gasteiger partial charge in [-0.1, -0.05) is 35.3 Å². The number of unbranched alkanes of at least 4 members (excludes halogenated alkanes) is 1. The third kappa shape index (κ3) is 3.37. The largest absolute Gasteiger partial charge is 0.354 e. The predicted molar refractivity (Wildman–Crippen MR) is 95.7 cm³/mol. The number of aryl methyl sites for hydroxylation is 1. The molecule has 0 spiro atoms. The minimum atomic E-state index is -0.266. The van der Waals surface area contributed by atoms with Crippen molar-refractivity contribution in [2.24, 2.45) is 5.73 Å². The summed E-state index contributed by atoms with van der Waals surface area (Å²) < 4.78 is 13.6. The molecule has 2 aromatic carbocycles. The number of nitrogens with two attached hydrogens (primary N) is 1. The van der Waals surface area contributed by atoms with Gasteiger partial charge >= 0.3 is 0 Å². The summed E-state index contributed by atoms with van der Waals surface area (Å²) in [5.74, 6) is -0.266. The molecule has 5 heteroatoms. The summed E-state index contributed by atoms with van der Waals surface area (Å²) in [7, 11) is 0. The van der Waals surface area contributed by atoms with Crippen LogP contribution in [0.15, 0.2) is 36.4 Å². The number of rotatable bonds is 5. The van der Waals surface area contributed by atoms with Crippen molar-refractivity contribution in [1.29, 1.82) is 0 Å². The van der Waals surface area contributed by atoms with E-state index in [1.165, 1.54) is 12.1 Å². The lowest BCUT2D eigenvalue weighted by atomic mass is 10.00. The van der Waals surface area contributed by atoms with E-state index in [0.29, 0.717) is 16.6 Å². The fourth-order valence-electron chi connectivity index (χ4n) is 2.90. The van der Waals surface area contributed by atoms with Gasteiger partial charge in [0.15, 0.2) is 0 Å². The maximum Gasteiger partial charge on any atom is 0.123 e. The summed E-state index contributed by atoms with van der Waals surface area (Å²) in [5, 5.41) is 2.13. The van der Waals surface area contributed by atoms with Gasteiger partial charge < -0.3 is 10.7 Å². The van der Waals surface area contributed by atoms with Crippen LogP contribution in [0.5, 0.6) is 0 Å². The van der Waals surface area contributed by atoms with Gasteiger partial charge in [0, 0.05) is 27.2 Å². The van der Waals surface area contributed by atoms with Gasteiger partial charge in [0.1, 0.15) is 5.82 Å². The van der Waals surface area contributed by atoms with Crippen molar-refractivity contribution in [2.75, 3.05) is 6.54 Å². The van der Waals surface area contributed by atoms with Gasteiger partial charge in [-0.15, -0.1) is 0 Å². The van der Waals surface area contributed by atoms with Gasteiger partial charge in [0.2, 0.25) is 0 Å². The zero-order valence-electron chi connectivity index (χ0n) is 12.5. The highest BCUT2D eigenvalue weighted by atomic mass is 35.5. The summed E-state index contributed by atoms with van der Waals surface area (Å²) >= 11 is 12.5. The molecule has 3 N–H and O–H groups in total. The maximum absolute atomic E-state index is 13.6. The molecule has 120 valence electrons. The second-order valence-corrected chi connectivity index (χ2v) is 6.39. The highest BCUT2D eigenvalue weighted by Crippen LogP contribution is 2.37. The van der Waals surface area contributed by atoms with E-state index in [-0.39, 0.29) is 5.82 Å². The molecular weight excluding hydrogens is 334 g/mol. The van der Waals surface area contributed by atoms with Gasteiger partial charge in [-0.05, 0) is 55.6 Å². The number of hydrogen-bond acceptors (Lipinski definition) is 1. The lowest BCUT2D eigenvalue weighted by molar-refractivity contribution is 0.628. The summed E-state index contributed by atoms with van der Waals surface area (Å²) in [5.41, 5.74) is 9.24. The van der Waals surface area contributed by atoms with Crippen molar-refractivity contribution in [2.45, 2.75) is 19.3 Å². The molecule has 3 aromatic rings. The van der Waals surface area contributed by atoms with Crippen LogP contribution >= 0.6 is 23.2 Å². The average molecular weight is 351 g/mol. The molecule has 1 heterocycles. The first-order valence-electron chi connectivity index (χ1n) is 7.55. The molecule has 0 unspecified atom stereocenters. The number of fused-ring (bicyclic) bond motifs is 1. The fraction of sp³-hybridized carbons (Fsp3) is 0.222. The van der Waals surface area contributed by atoms with E-state index in [1.807, 2.05) is 12.1 Å². The number of nitrogens with one attached hydrogen (secondary N) is 1. The van der Waals surface area contributed by atoms with E-state index in [0.717, 1.165) is 47.0 Å². The molecule has 0 amide bonds. The highest BCUT2D eigenvalue weighted by Gasteiger charge is 2.16. The van der Waals surface area contributed by atoms with Crippen molar-refractivity contribution >= 4 is 34.1 Å². The summed E-state index contributed by atoms with van der Waals surface area (Å²) in [6.45, 7) is 0.650. The Bertz CT molecular complexity index is 842. The van der Waals surface area contributed by atoms with E-state index in [2.05, 4.69) is 4.98 Å². The van der Waals surface area contributed by atoms with Crippen molar-refractivity contribution < 1.29 is 4.39 Å². The van der Waals surface area contributed by atoms with Crippen LogP contribution in [0, 0.1) is 5.82 Å². The van der Waals surface area contributed by atoms with Crippen LogP contribution in [0.2, 0.25) is 10.0 Å². The molecule has 0 fully saturated rings. The molecule has 0 atom stereocenters. The van der Waals surface area contributed by atoms with Gasteiger partial charge in [-0.2, -0.15) is 0 Å². The molecule has 0 bridgehead atoms. The Kier molecular flexibility index (Phi) is 4.90. The van der Waals surface area contributed by atoms with Crippen LogP contribution in [0.4, 0.5) is 4.39 Å². The van der Waals surface area contributed by atoms with Gasteiger partial charge in [-0.3, -0.25) is 0 Å². The second-order valence-electron chi connectivity index (χ2n) is 5.54. The van der Waals surface area contributed by atoms with E-state index in [4.69, 9.17) is 28.9 Å². The molecule has 0 aliphatic rings. The van der Waals surface area contributed by atoms with Crippen LogP contribution in [-0.2, 0) is 6.42 Å². The van der Waals surface area contributed by atoms with E-state index < -0.39 is 0 Å². The lowest BCUT2D eigenvalue weighted by Crippen LogP contribution is -1.99. The first-order chi connectivity index (χ1) is 11.1. The lowest BCUT2D eigenvalue weighted by Gasteiger charge is -2.06. The number of aromatic nitrogens is 1. The Labute approximate surface area is 144 Å². The molecule has 0 radical (unpaired) electrons. The monoisotopic (exact) mass is 350 g/mol. The molecule has 23 heavy (non-hydrogen) atoms. The van der Waals surface area contributed by atoms with Crippen LogP contribution in [0.1, 0.15) is 18.4 Å². The smallest absolute Gasteiger partial charge is 0.123 e. The Morgan fingerprint density at radius 3 is 2.65 bits per heavy atom. The SMILES string of the molecule is NCCCCc1c(-c2cccc(F)c2)[nH]c2cc(Cl)cc(Cl)c12. The highest BCUT2D eigenvalue weighted by molar-refractivity contribution is 6.39. The Hall–Kier alpha value is -1.55. The topological polar surface area (TPSA) is 41.8 Å². The van der Waals surface area contributed by atoms with Crippen LogP contribution in [0.25, 0.3) is 22.2 Å². The van der Waals surface area contributed by atoms with Crippen molar-refractivity contribution in [3.05, 3.63) is 57.8 Å². The zero-order chi connectivity index (χ0) is 16.4. The molecule has 0 aliphatic heterocycles. The second kappa shape index (κ2) is 6.91. The van der Waals surface area contributed by atoms with E-state index in [9.17, 15) is 4.39 Å². The number of aromatic amines is 1. The summed E-state index contributed by atoms with van der Waals surface area (Å²) in [6.07, 6.45) is 2.70. The minimum Gasteiger partial charge on any atom is -0.354 e. The molecular formula is C18H17Cl2FN2. The Morgan fingerprint density at radius 1 is 1.09 bits per heavy atom. The molecule has 2 nitrogen and oxygen atoms in total. The molecule has 0 saturated heterocycles. The third-order valence-electron chi connectivity index (χ3n) is 3.91. The number of benzene rings is 2. The Morgan fingerprint density at radius 2 is 1.91 bits per heavy atom. The van der Waals surface area contributed by atoms with Crippen LogP contribution in [0.3, 0.4) is 0 Å². The van der Waals surface area contributed by atoms with E-state index in [1.54, 1.807) is 12.1 Å². The average Bonchev–Trinajstić information content (AvgIpc) is 2.86. The minimum absolute atomic E-state index is 0.266. The molecule has 0 saturated carbocycles. The standard InChI is InChI=1S/C18H17Cl2FN2/c19-12-9-15(20)17-14(6-1-2-7-22)18(23-16(17)10-12)11-4-3-5-13(21)8-11/h3-5,8-10,23H,1-2,6-7,22H2. The summed E-state index contributed by atoms with van der Waals surface area (Å²) in [6, 6.07) is 10.1. The van der Waals surface area contributed by atoms with Crippen LogP contribution in [-0.4, -0.2) is 11.5 Å². The maximum atomic E-state index is 13.6. The number of hydrogen-bond donors (Lipinski definition) is 2. The van der Waals surface area contributed by atoms with Gasteiger partial charge in [0.25, 0.3) is 0 Å². The van der Waals surface area contributed by atoms with Gasteiger partial charge in [0.05, 0.1) is 5.02 Å². The number of halogens is 3. The predicted octanol–water partition coefficient (Wildman–Crippen LogP) is 5.56. The molecule has 1 aromatic heterocycles. The molecule has 0 aliphatic carbocycles. The van der Waals surface area contributed by atoms with Crippen molar-refractivity contribution in [3.8, 4) is 11.3 Å². The van der Waals surface area contributed by atoms with Crippen LogP contribution < -0.4 is 5.73 Å². The van der Waals surface area contributed by atoms with E-state index >= 15 is 0 Å². The first kappa shape index (κ1) is 16.3. The fourth-order valence-corrected chi connectivity index (χ4v) is 3.51. The van der Waals surface area contributed by atoms with Gasteiger partial charge in [-0.25, -0.2) is 4.39 Å². The molecule has 3 rings (SSSR count). The number of H-pyrrole nitrogens is 1. The normalized spacial score (nSPS) is 11.3. The first-order valence-corrected chi connectivity index (χ1v) is 8.31. The zero-order valence-corrected chi connectivity index (χ0v) is 14.0. The van der Waals surface area contributed by atoms with Crippen molar-refractivity contribution in [1.82, 2.24) is 4.98 Å².